The van der Waals surface area contributed by atoms with Gasteiger partial charge in [0, 0.05) is 10.9 Å². The van der Waals surface area contributed by atoms with E-state index in [1.165, 1.54) is 2.88 Å². The molecular weight excluding hydrogens is 301 g/mol. The lowest BCUT2D eigenvalue weighted by Gasteiger charge is -1.87. The van der Waals surface area contributed by atoms with Crippen molar-refractivity contribution in [1.29, 1.82) is 0 Å². The van der Waals surface area contributed by atoms with Crippen molar-refractivity contribution in [1.82, 2.24) is 4.98 Å². The molecule has 0 saturated heterocycles. The summed E-state index contributed by atoms with van der Waals surface area (Å²) >= 11 is 3.88. The molecule has 0 amide bonds. The van der Waals surface area contributed by atoms with Crippen LogP contribution >= 0.6 is 33.9 Å². The topological polar surface area (TPSA) is 46.3 Å². The number of thiophene rings is 1. The second-order valence-electron chi connectivity index (χ2n) is 2.43. The third kappa shape index (κ3) is 1.92. The second kappa shape index (κ2) is 3.77. The van der Waals surface area contributed by atoms with E-state index in [0.29, 0.717) is 11.7 Å². The van der Waals surface area contributed by atoms with Gasteiger partial charge in [0.15, 0.2) is 0 Å². The molecule has 0 bridgehead atoms. The zero-order valence-corrected chi connectivity index (χ0v) is 9.50. The third-order valence-corrected chi connectivity index (χ3v) is 3.31. The fourth-order valence-corrected chi connectivity index (χ4v) is 2.26. The van der Waals surface area contributed by atoms with Crippen LogP contribution in [-0.4, -0.2) is 10.1 Å². The molecule has 2 rings (SSSR count). The summed E-state index contributed by atoms with van der Waals surface area (Å²) in [5.41, 5.74) is 0.967. The van der Waals surface area contributed by atoms with Gasteiger partial charge >= 0.3 is 0 Å². The lowest BCUT2D eigenvalue weighted by atomic mass is 10.3. The van der Waals surface area contributed by atoms with Crippen LogP contribution in [0.5, 0.6) is 0 Å². The first kappa shape index (κ1) is 9.17. The van der Waals surface area contributed by atoms with Gasteiger partial charge in [-0.05, 0) is 28.7 Å². The lowest BCUT2D eigenvalue weighted by Crippen LogP contribution is -1.73. The Bertz CT molecular complexity index is 410. The molecule has 13 heavy (non-hydrogen) atoms. The highest BCUT2D eigenvalue weighted by Crippen LogP contribution is 2.26. The number of aromatic nitrogens is 1. The van der Waals surface area contributed by atoms with Crippen molar-refractivity contribution in [2.24, 2.45) is 0 Å². The van der Waals surface area contributed by atoms with Gasteiger partial charge in [-0.3, -0.25) is 0 Å². The number of hydrogen-bond acceptors (Lipinski definition) is 4. The number of nitrogens with zero attached hydrogens (tertiary/aromatic N) is 1. The Hall–Kier alpha value is -0.400. The van der Waals surface area contributed by atoms with Crippen molar-refractivity contribution in [3.05, 3.63) is 26.3 Å². The summed E-state index contributed by atoms with van der Waals surface area (Å²) in [6.07, 6.45) is 1.54. The van der Waals surface area contributed by atoms with Crippen LogP contribution in [0, 0.1) is 2.88 Å². The van der Waals surface area contributed by atoms with E-state index in [0.717, 1.165) is 5.56 Å². The summed E-state index contributed by atoms with van der Waals surface area (Å²) in [5.74, 6) is 1.07. The van der Waals surface area contributed by atoms with Crippen LogP contribution in [0.25, 0.3) is 11.5 Å². The van der Waals surface area contributed by atoms with Crippen molar-refractivity contribution in [3.63, 3.8) is 0 Å². The van der Waals surface area contributed by atoms with E-state index in [4.69, 9.17) is 9.52 Å². The van der Waals surface area contributed by atoms with Crippen molar-refractivity contribution in [3.8, 4) is 11.5 Å². The molecule has 2 aromatic rings. The van der Waals surface area contributed by atoms with E-state index in [9.17, 15) is 0 Å². The zero-order valence-electron chi connectivity index (χ0n) is 6.53. The summed E-state index contributed by atoms with van der Waals surface area (Å²) < 4.78 is 6.47. The number of hydrogen-bond donors (Lipinski definition) is 1. The van der Waals surface area contributed by atoms with Gasteiger partial charge in [-0.15, -0.1) is 11.3 Å². The molecule has 0 unspecified atom stereocenters. The first-order valence-corrected chi connectivity index (χ1v) is 5.55. The van der Waals surface area contributed by atoms with E-state index in [-0.39, 0.29) is 6.61 Å². The van der Waals surface area contributed by atoms with Gasteiger partial charge in [0.25, 0.3) is 0 Å². The maximum Gasteiger partial charge on any atom is 0.227 e. The fourth-order valence-electron chi connectivity index (χ4n) is 0.936. The Balaban J connectivity index is 2.35. The van der Waals surface area contributed by atoms with Crippen molar-refractivity contribution < 1.29 is 9.52 Å². The second-order valence-corrected chi connectivity index (χ2v) is 5.23. The molecule has 5 heteroatoms. The van der Waals surface area contributed by atoms with Crippen molar-refractivity contribution in [2.45, 2.75) is 6.61 Å². The van der Waals surface area contributed by atoms with Crippen LogP contribution in [0.1, 0.15) is 5.76 Å². The standard InChI is InChI=1S/C8H6INO2S/c9-7-1-5(4-13-7)8-10-2-6(3-11)12-8/h1-2,4,11H,3H2. The average Bonchev–Trinajstić information content (AvgIpc) is 2.71. The number of halogens is 1. The maximum absolute atomic E-state index is 8.77. The summed E-state index contributed by atoms with van der Waals surface area (Å²) in [6.45, 7) is -0.103. The summed E-state index contributed by atoms with van der Waals surface area (Å²) in [7, 11) is 0. The van der Waals surface area contributed by atoms with Gasteiger partial charge in [-0.2, -0.15) is 0 Å². The largest absolute Gasteiger partial charge is 0.439 e. The Kier molecular flexibility index (Phi) is 2.66. The zero-order chi connectivity index (χ0) is 9.26. The molecule has 0 aromatic carbocycles. The predicted octanol–water partition coefficient (Wildman–Crippen LogP) is 2.50. The Morgan fingerprint density at radius 2 is 2.46 bits per heavy atom. The molecule has 0 fully saturated rings. The lowest BCUT2D eigenvalue weighted by molar-refractivity contribution is 0.248. The van der Waals surface area contributed by atoms with E-state index in [1.54, 1.807) is 17.5 Å². The Morgan fingerprint density at radius 3 is 3.00 bits per heavy atom. The molecule has 2 aromatic heterocycles. The van der Waals surface area contributed by atoms with Crippen LogP contribution < -0.4 is 0 Å². The van der Waals surface area contributed by atoms with Gasteiger partial charge in [0.2, 0.25) is 5.89 Å². The number of aliphatic hydroxyl groups is 1. The third-order valence-electron chi connectivity index (χ3n) is 1.52. The van der Waals surface area contributed by atoms with E-state index in [1.807, 2.05) is 11.4 Å². The molecule has 0 aliphatic carbocycles. The Morgan fingerprint density at radius 1 is 1.62 bits per heavy atom. The maximum atomic E-state index is 8.77. The monoisotopic (exact) mass is 307 g/mol. The molecule has 3 nitrogen and oxygen atoms in total. The number of oxazole rings is 1. The highest BCUT2D eigenvalue weighted by atomic mass is 127. The minimum atomic E-state index is -0.103. The quantitative estimate of drug-likeness (QED) is 0.867. The van der Waals surface area contributed by atoms with Crippen molar-refractivity contribution >= 4 is 33.9 Å². The smallest absolute Gasteiger partial charge is 0.227 e. The van der Waals surface area contributed by atoms with Crippen LogP contribution in [0.3, 0.4) is 0 Å². The van der Waals surface area contributed by atoms with Crippen LogP contribution in [0.15, 0.2) is 22.1 Å². The fraction of sp³-hybridized carbons (Fsp3) is 0.125. The van der Waals surface area contributed by atoms with Gasteiger partial charge in [0.1, 0.15) is 12.4 Å². The molecule has 0 saturated carbocycles. The summed E-state index contributed by atoms with van der Waals surface area (Å²) in [6, 6.07) is 2.00. The first-order chi connectivity index (χ1) is 6.29. The van der Waals surface area contributed by atoms with E-state index in [2.05, 4.69) is 27.6 Å². The molecule has 2 heterocycles. The van der Waals surface area contributed by atoms with Crippen LogP contribution in [0.2, 0.25) is 0 Å². The number of aliphatic hydroxyl groups excluding tert-OH is 1. The van der Waals surface area contributed by atoms with Crippen molar-refractivity contribution in [2.75, 3.05) is 0 Å². The van der Waals surface area contributed by atoms with Crippen LogP contribution in [-0.2, 0) is 6.61 Å². The number of rotatable bonds is 2. The van der Waals surface area contributed by atoms with Gasteiger partial charge in [0.05, 0.1) is 9.08 Å². The van der Waals surface area contributed by atoms with E-state index < -0.39 is 0 Å². The van der Waals surface area contributed by atoms with Gasteiger partial charge in [-0.25, -0.2) is 4.98 Å². The summed E-state index contributed by atoms with van der Waals surface area (Å²) in [4.78, 5) is 4.05. The molecule has 68 valence electrons. The molecule has 0 radical (unpaired) electrons. The highest BCUT2D eigenvalue weighted by Gasteiger charge is 2.07. The molecule has 0 atom stereocenters. The minimum Gasteiger partial charge on any atom is -0.439 e. The molecule has 1 N–H and O–H groups in total. The molecule has 0 aliphatic rings. The normalized spacial score (nSPS) is 10.6. The predicted molar refractivity (Wildman–Crippen MR) is 58.5 cm³/mol. The van der Waals surface area contributed by atoms with E-state index >= 15 is 0 Å². The molecular formula is C8H6INO2S. The summed E-state index contributed by atoms with van der Waals surface area (Å²) in [5, 5.41) is 10.8. The average molecular weight is 307 g/mol. The molecule has 0 aliphatic heterocycles. The highest BCUT2D eigenvalue weighted by molar-refractivity contribution is 14.1. The molecule has 0 spiro atoms. The van der Waals surface area contributed by atoms with Crippen LogP contribution in [0.4, 0.5) is 0 Å². The van der Waals surface area contributed by atoms with Gasteiger partial charge in [-0.1, -0.05) is 0 Å². The SMILES string of the molecule is OCc1cnc(-c2csc(I)c2)o1. The minimum absolute atomic E-state index is 0.103. The van der Waals surface area contributed by atoms with Gasteiger partial charge < -0.3 is 9.52 Å². The Labute approximate surface area is 92.6 Å². The first-order valence-electron chi connectivity index (χ1n) is 3.59.